The Hall–Kier alpha value is -0.770. The van der Waals surface area contributed by atoms with Gasteiger partial charge in [-0.3, -0.25) is 0 Å². The summed E-state index contributed by atoms with van der Waals surface area (Å²) in [6.07, 6.45) is 2.90. The molecule has 0 amide bonds. The molecular weight excluding hydrogens is 134 g/mol. The SMILES string of the molecule is CC.S=c1ncnc[nH]1. The molecule has 1 aromatic rings. The van der Waals surface area contributed by atoms with E-state index in [4.69, 9.17) is 0 Å². The van der Waals surface area contributed by atoms with Crippen LogP contribution < -0.4 is 0 Å². The van der Waals surface area contributed by atoms with Crippen LogP contribution in [0.15, 0.2) is 12.7 Å². The van der Waals surface area contributed by atoms with E-state index in [1.54, 1.807) is 0 Å². The van der Waals surface area contributed by atoms with Gasteiger partial charge in [-0.05, 0) is 12.2 Å². The number of hydrogen-bond acceptors (Lipinski definition) is 3. The summed E-state index contributed by atoms with van der Waals surface area (Å²) in [4.78, 5) is 9.86. The molecule has 9 heavy (non-hydrogen) atoms. The molecule has 0 saturated heterocycles. The Labute approximate surface area is 59.2 Å². The predicted molar refractivity (Wildman–Crippen MR) is 38.6 cm³/mol. The highest BCUT2D eigenvalue weighted by molar-refractivity contribution is 7.71. The number of rotatable bonds is 0. The number of aromatic amines is 1. The fourth-order valence-electron chi connectivity index (χ4n) is 0.249. The summed E-state index contributed by atoms with van der Waals surface area (Å²) in [6, 6.07) is 0. The van der Waals surface area contributed by atoms with E-state index in [1.165, 1.54) is 12.7 Å². The molecule has 1 aromatic heterocycles. The van der Waals surface area contributed by atoms with Crippen molar-refractivity contribution in [1.29, 1.82) is 0 Å². The van der Waals surface area contributed by atoms with Crippen LogP contribution in [0.25, 0.3) is 0 Å². The van der Waals surface area contributed by atoms with Crippen LogP contribution in [0.4, 0.5) is 0 Å². The van der Waals surface area contributed by atoms with Gasteiger partial charge in [0.15, 0.2) is 4.77 Å². The Morgan fingerprint density at radius 2 is 2.22 bits per heavy atom. The van der Waals surface area contributed by atoms with Gasteiger partial charge >= 0.3 is 0 Å². The Bertz CT molecular complexity index is 178. The van der Waals surface area contributed by atoms with Crippen molar-refractivity contribution in [3.05, 3.63) is 17.4 Å². The first-order chi connectivity index (χ1) is 4.39. The van der Waals surface area contributed by atoms with Crippen LogP contribution in [0, 0.1) is 4.77 Å². The number of hydrogen-bond donors (Lipinski definition) is 1. The van der Waals surface area contributed by atoms with Gasteiger partial charge in [0.25, 0.3) is 0 Å². The summed E-state index contributed by atoms with van der Waals surface area (Å²) in [5.41, 5.74) is 0. The topological polar surface area (TPSA) is 41.6 Å². The summed E-state index contributed by atoms with van der Waals surface area (Å²) in [7, 11) is 0. The van der Waals surface area contributed by atoms with E-state index < -0.39 is 0 Å². The Morgan fingerprint density at radius 3 is 2.44 bits per heavy atom. The summed E-state index contributed by atoms with van der Waals surface area (Å²) >= 11 is 4.61. The van der Waals surface area contributed by atoms with Gasteiger partial charge in [-0.15, -0.1) is 0 Å². The van der Waals surface area contributed by atoms with Crippen molar-refractivity contribution in [3.63, 3.8) is 0 Å². The molecule has 0 aliphatic heterocycles. The zero-order valence-corrected chi connectivity index (χ0v) is 6.27. The van der Waals surface area contributed by atoms with Crippen LogP contribution in [-0.4, -0.2) is 15.0 Å². The maximum atomic E-state index is 4.61. The van der Waals surface area contributed by atoms with Crippen molar-refractivity contribution in [2.75, 3.05) is 0 Å². The van der Waals surface area contributed by atoms with Gasteiger partial charge in [0.2, 0.25) is 0 Å². The number of nitrogens with one attached hydrogen (secondary N) is 1. The van der Waals surface area contributed by atoms with E-state index >= 15 is 0 Å². The molecule has 0 radical (unpaired) electrons. The van der Waals surface area contributed by atoms with E-state index in [-0.39, 0.29) is 0 Å². The molecule has 0 saturated carbocycles. The van der Waals surface area contributed by atoms with Gasteiger partial charge in [-0.1, -0.05) is 13.8 Å². The quantitative estimate of drug-likeness (QED) is 0.560. The van der Waals surface area contributed by atoms with E-state index in [1.807, 2.05) is 13.8 Å². The summed E-state index contributed by atoms with van der Waals surface area (Å²) in [6.45, 7) is 4.00. The molecule has 0 aromatic carbocycles. The van der Waals surface area contributed by atoms with Crippen LogP contribution in [0.1, 0.15) is 13.8 Å². The van der Waals surface area contributed by atoms with Crippen LogP contribution in [0.2, 0.25) is 0 Å². The van der Waals surface area contributed by atoms with Crippen molar-refractivity contribution < 1.29 is 0 Å². The highest BCUT2D eigenvalue weighted by atomic mass is 32.1. The first-order valence-electron chi connectivity index (χ1n) is 2.74. The molecule has 0 bridgehead atoms. The molecule has 1 heterocycles. The average molecular weight is 143 g/mol. The van der Waals surface area contributed by atoms with E-state index in [2.05, 4.69) is 27.2 Å². The van der Waals surface area contributed by atoms with E-state index in [0.717, 1.165) is 0 Å². The molecule has 1 N–H and O–H groups in total. The van der Waals surface area contributed by atoms with Gasteiger partial charge in [-0.2, -0.15) is 0 Å². The second-order valence-corrected chi connectivity index (χ2v) is 1.36. The molecule has 0 spiro atoms. The van der Waals surface area contributed by atoms with Crippen molar-refractivity contribution in [1.82, 2.24) is 15.0 Å². The van der Waals surface area contributed by atoms with Crippen molar-refractivity contribution in [2.45, 2.75) is 13.8 Å². The molecular formula is C5H9N3S. The molecule has 1 rings (SSSR count). The molecule has 0 unspecified atom stereocenters. The van der Waals surface area contributed by atoms with E-state index in [0.29, 0.717) is 4.77 Å². The summed E-state index contributed by atoms with van der Waals surface area (Å²) < 4.78 is 0.468. The van der Waals surface area contributed by atoms with E-state index in [9.17, 15) is 0 Å². The molecule has 4 heteroatoms. The standard InChI is InChI=1S/C3H3N3S.C2H6/c7-3-5-1-4-2-6-3;1-2/h1-2H,(H,4,5,6,7);1-2H3. The predicted octanol–water partition coefficient (Wildman–Crippen LogP) is 1.56. The highest BCUT2D eigenvalue weighted by Crippen LogP contribution is 1.68. The minimum atomic E-state index is 0.468. The van der Waals surface area contributed by atoms with Crippen molar-refractivity contribution in [2.24, 2.45) is 0 Å². The monoisotopic (exact) mass is 143 g/mol. The van der Waals surface area contributed by atoms with Gasteiger partial charge in [-0.25, -0.2) is 9.97 Å². The minimum Gasteiger partial charge on any atom is -0.322 e. The Balaban J connectivity index is 0.000000291. The molecule has 3 nitrogen and oxygen atoms in total. The van der Waals surface area contributed by atoms with Crippen molar-refractivity contribution in [3.8, 4) is 0 Å². The fourth-order valence-corrected chi connectivity index (χ4v) is 0.349. The lowest BCUT2D eigenvalue weighted by molar-refractivity contribution is 1.02. The second-order valence-electron chi connectivity index (χ2n) is 0.972. The second kappa shape index (κ2) is 5.37. The molecule has 50 valence electrons. The van der Waals surface area contributed by atoms with Crippen molar-refractivity contribution >= 4 is 12.2 Å². The normalized spacial score (nSPS) is 7.33. The van der Waals surface area contributed by atoms with Crippen LogP contribution in [0.3, 0.4) is 0 Å². The third-order valence-electron chi connectivity index (χ3n) is 0.504. The highest BCUT2D eigenvalue weighted by Gasteiger charge is 1.67. The molecule has 0 atom stereocenters. The lowest BCUT2D eigenvalue weighted by Crippen LogP contribution is -1.78. The van der Waals surface area contributed by atoms with Crippen LogP contribution >= 0.6 is 12.2 Å². The minimum absolute atomic E-state index is 0.468. The zero-order valence-electron chi connectivity index (χ0n) is 5.46. The summed E-state index contributed by atoms with van der Waals surface area (Å²) in [5, 5.41) is 0. The lowest BCUT2D eigenvalue weighted by atomic mass is 11.0. The van der Waals surface area contributed by atoms with Gasteiger partial charge < -0.3 is 4.98 Å². The summed E-state index contributed by atoms with van der Waals surface area (Å²) in [5.74, 6) is 0. The van der Waals surface area contributed by atoms with Gasteiger partial charge in [0.1, 0.15) is 6.33 Å². The third-order valence-corrected chi connectivity index (χ3v) is 0.727. The number of aromatic nitrogens is 3. The van der Waals surface area contributed by atoms with Gasteiger partial charge in [0.05, 0.1) is 6.33 Å². The van der Waals surface area contributed by atoms with Gasteiger partial charge in [0, 0.05) is 0 Å². The maximum absolute atomic E-state index is 4.61. The molecule has 0 aliphatic rings. The number of H-pyrrole nitrogens is 1. The average Bonchev–Trinajstić information content (AvgIpc) is 1.94. The third kappa shape index (κ3) is 3.78. The Kier molecular flexibility index (Phi) is 4.91. The Morgan fingerprint density at radius 1 is 1.56 bits per heavy atom. The van der Waals surface area contributed by atoms with Crippen LogP contribution in [-0.2, 0) is 0 Å². The molecule has 0 aliphatic carbocycles. The lowest BCUT2D eigenvalue weighted by Gasteiger charge is -1.75. The van der Waals surface area contributed by atoms with Crippen LogP contribution in [0.5, 0.6) is 0 Å². The largest absolute Gasteiger partial charge is 0.322 e. The smallest absolute Gasteiger partial charge is 0.199 e. The molecule has 0 fully saturated rings. The fraction of sp³-hybridized carbons (Fsp3) is 0.400. The zero-order chi connectivity index (χ0) is 7.11. The number of nitrogens with zero attached hydrogens (tertiary/aromatic N) is 2. The maximum Gasteiger partial charge on any atom is 0.199 e. The first-order valence-corrected chi connectivity index (χ1v) is 3.15. The first kappa shape index (κ1) is 8.23.